The Morgan fingerprint density at radius 3 is 2.50 bits per heavy atom. The molecule has 5 nitrogen and oxygen atoms in total. The van der Waals surface area contributed by atoms with Gasteiger partial charge in [-0.05, 0) is 38.0 Å². The third-order valence-corrected chi connectivity index (χ3v) is 5.34. The molecule has 3 rings (SSSR count). The molecule has 2 N–H and O–H groups in total. The van der Waals surface area contributed by atoms with Gasteiger partial charge >= 0.3 is 12.0 Å². The maximum absolute atomic E-state index is 12.5. The van der Waals surface area contributed by atoms with Gasteiger partial charge < -0.3 is 15.3 Å². The van der Waals surface area contributed by atoms with E-state index in [0.29, 0.717) is 12.0 Å². The van der Waals surface area contributed by atoms with Crippen LogP contribution in [0, 0.1) is 5.92 Å². The fourth-order valence-electron chi connectivity index (χ4n) is 4.34. The van der Waals surface area contributed by atoms with Crippen LogP contribution in [0.5, 0.6) is 0 Å². The molecule has 1 heterocycles. The van der Waals surface area contributed by atoms with Crippen molar-refractivity contribution in [2.75, 3.05) is 6.54 Å². The molecule has 0 spiro atoms. The molecule has 2 unspecified atom stereocenters. The summed E-state index contributed by atoms with van der Waals surface area (Å²) in [5.41, 5.74) is -0.511. The van der Waals surface area contributed by atoms with Gasteiger partial charge in [0, 0.05) is 12.6 Å². The van der Waals surface area contributed by atoms with Crippen molar-refractivity contribution >= 4 is 12.0 Å². The highest BCUT2D eigenvalue weighted by atomic mass is 16.4. The first-order valence-electron chi connectivity index (χ1n) is 7.89. The third kappa shape index (κ3) is 2.63. The first-order chi connectivity index (χ1) is 9.58. The summed E-state index contributed by atoms with van der Waals surface area (Å²) < 4.78 is 0. The lowest BCUT2D eigenvalue weighted by molar-refractivity contribution is -0.139. The topological polar surface area (TPSA) is 69.6 Å². The Balaban J connectivity index is 1.66. The van der Waals surface area contributed by atoms with Gasteiger partial charge in [-0.3, -0.25) is 4.79 Å². The molecule has 2 amide bonds. The number of carboxylic acid groups (broad SMARTS) is 1. The standard InChI is InChI=1S/C15H24N2O3/c18-13(19)9-15(6-2-1-3-7-15)16-14(20)17-10-11-4-5-12(17)8-11/h11-12H,1-10H2,(H,16,20)(H,18,19). The summed E-state index contributed by atoms with van der Waals surface area (Å²) in [6, 6.07) is 0.366. The number of likely N-dealkylation sites (tertiary alicyclic amines) is 1. The van der Waals surface area contributed by atoms with E-state index in [1.807, 2.05) is 4.90 Å². The number of carboxylic acids is 1. The lowest BCUT2D eigenvalue weighted by Gasteiger charge is -2.39. The number of hydrogen-bond donors (Lipinski definition) is 2. The van der Waals surface area contributed by atoms with Crippen molar-refractivity contribution in [3.05, 3.63) is 0 Å². The summed E-state index contributed by atoms with van der Waals surface area (Å²) in [4.78, 5) is 25.6. The van der Waals surface area contributed by atoms with E-state index in [9.17, 15) is 9.59 Å². The first-order valence-corrected chi connectivity index (χ1v) is 7.89. The predicted octanol–water partition coefficient (Wildman–Crippen LogP) is 2.36. The lowest BCUT2D eigenvalue weighted by atomic mass is 9.79. The number of nitrogens with zero attached hydrogens (tertiary/aromatic N) is 1. The minimum atomic E-state index is -0.810. The summed E-state index contributed by atoms with van der Waals surface area (Å²) in [6.45, 7) is 0.861. The average molecular weight is 280 g/mol. The highest BCUT2D eigenvalue weighted by Gasteiger charge is 2.43. The van der Waals surface area contributed by atoms with Crippen molar-refractivity contribution in [2.45, 2.75) is 69.4 Å². The fourth-order valence-corrected chi connectivity index (χ4v) is 4.34. The molecule has 2 aliphatic carbocycles. The number of carbonyl (C=O) groups excluding carboxylic acids is 1. The number of piperidine rings is 1. The number of hydrogen-bond acceptors (Lipinski definition) is 2. The van der Waals surface area contributed by atoms with Gasteiger partial charge in [-0.25, -0.2) is 4.79 Å². The van der Waals surface area contributed by atoms with Crippen LogP contribution in [-0.2, 0) is 4.79 Å². The molecule has 1 saturated heterocycles. The molecule has 0 aromatic rings. The van der Waals surface area contributed by atoms with E-state index in [2.05, 4.69) is 5.32 Å². The van der Waals surface area contributed by atoms with Gasteiger partial charge in [0.1, 0.15) is 0 Å². The quantitative estimate of drug-likeness (QED) is 0.833. The smallest absolute Gasteiger partial charge is 0.318 e. The third-order valence-electron chi connectivity index (χ3n) is 5.34. The zero-order valence-corrected chi connectivity index (χ0v) is 11.9. The van der Waals surface area contributed by atoms with Gasteiger partial charge in [0.25, 0.3) is 0 Å². The van der Waals surface area contributed by atoms with Gasteiger partial charge in [-0.2, -0.15) is 0 Å². The Labute approximate surface area is 119 Å². The zero-order valence-electron chi connectivity index (χ0n) is 11.9. The van der Waals surface area contributed by atoms with Crippen molar-refractivity contribution in [3.8, 4) is 0 Å². The van der Waals surface area contributed by atoms with E-state index < -0.39 is 11.5 Å². The molecule has 2 saturated carbocycles. The van der Waals surface area contributed by atoms with E-state index in [0.717, 1.165) is 51.5 Å². The van der Waals surface area contributed by atoms with Crippen LogP contribution in [0.4, 0.5) is 4.79 Å². The average Bonchev–Trinajstić information content (AvgIpc) is 3.00. The Hall–Kier alpha value is -1.26. The number of nitrogens with one attached hydrogen (secondary N) is 1. The zero-order chi connectivity index (χ0) is 14.2. The molecular formula is C15H24N2O3. The van der Waals surface area contributed by atoms with Gasteiger partial charge in [-0.15, -0.1) is 0 Å². The summed E-state index contributed by atoms with van der Waals surface area (Å²) in [5, 5.41) is 12.2. The van der Waals surface area contributed by atoms with Crippen LogP contribution >= 0.6 is 0 Å². The molecule has 112 valence electrons. The Bertz CT molecular complexity index is 404. The van der Waals surface area contributed by atoms with Gasteiger partial charge in [0.05, 0.1) is 12.0 Å². The van der Waals surface area contributed by atoms with Crippen LogP contribution in [-0.4, -0.2) is 40.1 Å². The number of aliphatic carboxylic acids is 1. The van der Waals surface area contributed by atoms with E-state index in [4.69, 9.17) is 5.11 Å². The molecule has 3 aliphatic rings. The molecule has 20 heavy (non-hydrogen) atoms. The Morgan fingerprint density at radius 2 is 1.95 bits per heavy atom. The second kappa shape index (κ2) is 5.26. The van der Waals surface area contributed by atoms with E-state index in [-0.39, 0.29) is 12.5 Å². The van der Waals surface area contributed by atoms with E-state index >= 15 is 0 Å². The predicted molar refractivity (Wildman–Crippen MR) is 74.4 cm³/mol. The van der Waals surface area contributed by atoms with E-state index in [1.165, 1.54) is 6.42 Å². The summed E-state index contributed by atoms with van der Waals surface area (Å²) in [7, 11) is 0. The molecule has 1 aliphatic heterocycles. The second-order valence-corrected chi connectivity index (χ2v) is 6.83. The summed E-state index contributed by atoms with van der Waals surface area (Å²) in [6.07, 6.45) is 8.32. The maximum atomic E-state index is 12.5. The Morgan fingerprint density at radius 1 is 1.20 bits per heavy atom. The van der Waals surface area contributed by atoms with Crippen LogP contribution in [0.2, 0.25) is 0 Å². The molecule has 0 radical (unpaired) electrons. The van der Waals surface area contributed by atoms with Crippen LogP contribution in [0.1, 0.15) is 57.8 Å². The molecule has 0 aromatic heterocycles. The summed E-state index contributed by atoms with van der Waals surface area (Å²) in [5.74, 6) is -0.136. The van der Waals surface area contributed by atoms with Crippen molar-refractivity contribution in [3.63, 3.8) is 0 Å². The minimum Gasteiger partial charge on any atom is -0.481 e. The highest BCUT2D eigenvalue weighted by molar-refractivity contribution is 5.77. The van der Waals surface area contributed by atoms with Gasteiger partial charge in [0.2, 0.25) is 0 Å². The monoisotopic (exact) mass is 280 g/mol. The van der Waals surface area contributed by atoms with Crippen molar-refractivity contribution in [2.24, 2.45) is 5.92 Å². The SMILES string of the molecule is O=C(O)CC1(NC(=O)N2CC3CCC2C3)CCCCC1. The second-order valence-electron chi connectivity index (χ2n) is 6.83. The lowest BCUT2D eigenvalue weighted by Crippen LogP contribution is -2.56. The number of amides is 2. The van der Waals surface area contributed by atoms with Crippen molar-refractivity contribution < 1.29 is 14.7 Å². The highest BCUT2D eigenvalue weighted by Crippen LogP contribution is 2.38. The first kappa shape index (κ1) is 13.7. The largest absolute Gasteiger partial charge is 0.481 e. The fraction of sp³-hybridized carbons (Fsp3) is 0.867. The molecule has 2 atom stereocenters. The maximum Gasteiger partial charge on any atom is 0.318 e. The number of rotatable bonds is 3. The number of urea groups is 1. The number of fused-ring (bicyclic) bond motifs is 2. The van der Waals surface area contributed by atoms with Crippen molar-refractivity contribution in [1.82, 2.24) is 10.2 Å². The normalized spacial score (nSPS) is 31.3. The van der Waals surface area contributed by atoms with E-state index in [1.54, 1.807) is 0 Å². The minimum absolute atomic E-state index is 0.0275. The van der Waals surface area contributed by atoms with Gasteiger partial charge in [-0.1, -0.05) is 19.3 Å². The van der Waals surface area contributed by atoms with Crippen LogP contribution in [0.3, 0.4) is 0 Å². The molecule has 5 heteroatoms. The van der Waals surface area contributed by atoms with Crippen LogP contribution < -0.4 is 5.32 Å². The number of carbonyl (C=O) groups is 2. The van der Waals surface area contributed by atoms with Crippen LogP contribution in [0.15, 0.2) is 0 Å². The van der Waals surface area contributed by atoms with Gasteiger partial charge in [0.15, 0.2) is 0 Å². The Kier molecular flexibility index (Phi) is 3.61. The van der Waals surface area contributed by atoms with Crippen molar-refractivity contribution in [1.29, 1.82) is 0 Å². The molecule has 0 aromatic carbocycles. The molecule has 3 fully saturated rings. The summed E-state index contributed by atoms with van der Waals surface area (Å²) >= 11 is 0. The molecular weight excluding hydrogens is 256 g/mol. The molecule has 2 bridgehead atoms. The van der Waals surface area contributed by atoms with Crippen LogP contribution in [0.25, 0.3) is 0 Å².